The quantitative estimate of drug-likeness (QED) is 0.837. The van der Waals surface area contributed by atoms with E-state index in [1.807, 2.05) is 6.20 Å². The highest BCUT2D eigenvalue weighted by Crippen LogP contribution is 2.42. The molecule has 0 radical (unpaired) electrons. The Bertz CT molecular complexity index is 815. The molecule has 0 N–H and O–H groups in total. The molecule has 2 aliphatic carbocycles. The first-order valence-electron chi connectivity index (χ1n) is 9.02. The molecule has 1 saturated heterocycles. The van der Waals surface area contributed by atoms with E-state index in [1.54, 1.807) is 10.7 Å². The predicted molar refractivity (Wildman–Crippen MR) is 87.8 cm³/mol. The summed E-state index contributed by atoms with van der Waals surface area (Å²) in [6.07, 6.45) is 7.50. The SMILES string of the molecule is O=c1cc2c(nn1CC1CN(Cc3cnoc3C3CC3)C1)CCC2. The van der Waals surface area contributed by atoms with Gasteiger partial charge in [-0.15, -0.1) is 0 Å². The van der Waals surface area contributed by atoms with Crippen LogP contribution in [-0.4, -0.2) is 32.9 Å². The van der Waals surface area contributed by atoms with Crippen molar-refractivity contribution in [2.24, 2.45) is 5.92 Å². The molecule has 3 heterocycles. The molecule has 3 aliphatic rings. The van der Waals surface area contributed by atoms with Crippen LogP contribution in [-0.2, 0) is 25.9 Å². The maximum Gasteiger partial charge on any atom is 0.267 e. The van der Waals surface area contributed by atoms with E-state index in [2.05, 4.69) is 15.2 Å². The van der Waals surface area contributed by atoms with Gasteiger partial charge < -0.3 is 4.52 Å². The minimum Gasteiger partial charge on any atom is -0.361 e. The first-order chi connectivity index (χ1) is 11.8. The Morgan fingerprint density at radius 3 is 2.96 bits per heavy atom. The molecule has 0 spiro atoms. The van der Waals surface area contributed by atoms with E-state index in [4.69, 9.17) is 4.52 Å². The second kappa shape index (κ2) is 5.55. The van der Waals surface area contributed by atoms with Crippen LogP contribution >= 0.6 is 0 Å². The largest absolute Gasteiger partial charge is 0.361 e. The van der Waals surface area contributed by atoms with E-state index in [0.717, 1.165) is 62.5 Å². The normalized spacial score (nSPS) is 21.0. The molecule has 2 aromatic rings. The van der Waals surface area contributed by atoms with Crippen LogP contribution in [0.5, 0.6) is 0 Å². The molecular weight excluding hydrogens is 304 g/mol. The van der Waals surface area contributed by atoms with Gasteiger partial charge in [-0.25, -0.2) is 4.68 Å². The number of hydrogen-bond acceptors (Lipinski definition) is 5. The van der Waals surface area contributed by atoms with Gasteiger partial charge in [0.25, 0.3) is 5.56 Å². The highest BCUT2D eigenvalue weighted by Gasteiger charge is 2.33. The summed E-state index contributed by atoms with van der Waals surface area (Å²) < 4.78 is 7.09. The molecule has 0 aromatic carbocycles. The molecule has 0 amide bonds. The van der Waals surface area contributed by atoms with Gasteiger partial charge in [0.2, 0.25) is 0 Å². The summed E-state index contributed by atoms with van der Waals surface area (Å²) in [7, 11) is 0. The molecule has 1 saturated carbocycles. The third kappa shape index (κ3) is 2.59. The van der Waals surface area contributed by atoms with Crippen molar-refractivity contribution in [1.82, 2.24) is 19.8 Å². The Balaban J connectivity index is 1.20. The van der Waals surface area contributed by atoms with E-state index < -0.39 is 0 Å². The smallest absolute Gasteiger partial charge is 0.267 e. The zero-order valence-corrected chi connectivity index (χ0v) is 13.8. The third-order valence-electron chi connectivity index (χ3n) is 5.51. The number of nitrogens with zero attached hydrogens (tertiary/aromatic N) is 4. The van der Waals surface area contributed by atoms with Crippen molar-refractivity contribution in [3.63, 3.8) is 0 Å². The molecule has 2 fully saturated rings. The zero-order chi connectivity index (χ0) is 16.1. The van der Waals surface area contributed by atoms with Crippen molar-refractivity contribution in [2.45, 2.75) is 51.1 Å². The van der Waals surface area contributed by atoms with Gasteiger partial charge in [-0.2, -0.15) is 5.10 Å². The van der Waals surface area contributed by atoms with E-state index in [9.17, 15) is 4.79 Å². The Hall–Kier alpha value is -1.95. The van der Waals surface area contributed by atoms with Crippen LogP contribution in [0.4, 0.5) is 0 Å². The van der Waals surface area contributed by atoms with Gasteiger partial charge in [-0.1, -0.05) is 5.16 Å². The molecule has 6 nitrogen and oxygen atoms in total. The van der Waals surface area contributed by atoms with E-state index in [-0.39, 0.29) is 5.56 Å². The van der Waals surface area contributed by atoms with E-state index in [0.29, 0.717) is 11.8 Å². The monoisotopic (exact) mass is 326 g/mol. The van der Waals surface area contributed by atoms with Gasteiger partial charge in [0.15, 0.2) is 0 Å². The van der Waals surface area contributed by atoms with Crippen molar-refractivity contribution >= 4 is 0 Å². The summed E-state index contributed by atoms with van der Waals surface area (Å²) in [6, 6.07) is 1.80. The van der Waals surface area contributed by atoms with Crippen molar-refractivity contribution in [3.8, 4) is 0 Å². The Morgan fingerprint density at radius 2 is 2.12 bits per heavy atom. The molecule has 6 heteroatoms. The van der Waals surface area contributed by atoms with Crippen molar-refractivity contribution in [3.05, 3.63) is 45.2 Å². The molecule has 2 aromatic heterocycles. The lowest BCUT2D eigenvalue weighted by Crippen LogP contribution is -2.49. The molecule has 0 atom stereocenters. The highest BCUT2D eigenvalue weighted by molar-refractivity contribution is 5.23. The van der Waals surface area contributed by atoms with Crippen LogP contribution in [0.2, 0.25) is 0 Å². The molecular formula is C18H22N4O2. The lowest BCUT2D eigenvalue weighted by Gasteiger charge is -2.39. The summed E-state index contributed by atoms with van der Waals surface area (Å²) in [5.74, 6) is 2.21. The van der Waals surface area contributed by atoms with Crippen molar-refractivity contribution < 1.29 is 4.52 Å². The van der Waals surface area contributed by atoms with Crippen molar-refractivity contribution in [1.29, 1.82) is 0 Å². The minimum atomic E-state index is 0.0594. The topological polar surface area (TPSA) is 64.2 Å². The van der Waals surface area contributed by atoms with Gasteiger partial charge in [0.05, 0.1) is 18.4 Å². The zero-order valence-electron chi connectivity index (χ0n) is 13.8. The molecule has 126 valence electrons. The summed E-state index contributed by atoms with van der Waals surface area (Å²) in [5, 5.41) is 8.55. The number of fused-ring (bicyclic) bond motifs is 1. The maximum atomic E-state index is 12.2. The third-order valence-corrected chi connectivity index (χ3v) is 5.51. The van der Waals surface area contributed by atoms with Crippen molar-refractivity contribution in [2.75, 3.05) is 13.1 Å². The first kappa shape index (κ1) is 14.4. The fraction of sp³-hybridized carbons (Fsp3) is 0.611. The van der Waals surface area contributed by atoms with E-state index >= 15 is 0 Å². The van der Waals surface area contributed by atoms with Gasteiger partial charge in [0.1, 0.15) is 5.76 Å². The standard InChI is InChI=1S/C18H22N4O2/c23-17-6-14-2-1-3-16(14)20-22(17)10-12-8-21(9-12)11-15-7-19-24-18(15)13-4-5-13/h6-7,12-13H,1-5,8-11H2. The Labute approximate surface area is 140 Å². The first-order valence-corrected chi connectivity index (χ1v) is 9.02. The fourth-order valence-electron chi connectivity index (χ4n) is 4.05. The average molecular weight is 326 g/mol. The number of likely N-dealkylation sites (tertiary alicyclic amines) is 1. The minimum absolute atomic E-state index is 0.0594. The number of aryl methyl sites for hydroxylation is 2. The number of aromatic nitrogens is 3. The molecule has 0 unspecified atom stereocenters. The summed E-state index contributed by atoms with van der Waals surface area (Å²) >= 11 is 0. The van der Waals surface area contributed by atoms with Crippen LogP contribution in [0.15, 0.2) is 21.6 Å². The van der Waals surface area contributed by atoms with Crippen LogP contribution < -0.4 is 5.56 Å². The fourth-order valence-corrected chi connectivity index (χ4v) is 4.05. The average Bonchev–Trinajstić information content (AvgIpc) is 3.10. The Kier molecular flexibility index (Phi) is 3.33. The molecule has 5 rings (SSSR count). The van der Waals surface area contributed by atoms with Crippen LogP contribution in [0.25, 0.3) is 0 Å². The second-order valence-corrected chi connectivity index (χ2v) is 7.54. The number of hydrogen-bond donors (Lipinski definition) is 0. The van der Waals surface area contributed by atoms with Crippen LogP contribution in [0.3, 0.4) is 0 Å². The summed E-state index contributed by atoms with van der Waals surface area (Å²) in [4.78, 5) is 14.6. The van der Waals surface area contributed by atoms with Gasteiger partial charge >= 0.3 is 0 Å². The molecule has 1 aliphatic heterocycles. The predicted octanol–water partition coefficient (Wildman–Crippen LogP) is 1.73. The van der Waals surface area contributed by atoms with Crippen LogP contribution in [0, 0.1) is 5.92 Å². The Morgan fingerprint density at radius 1 is 1.25 bits per heavy atom. The molecule has 0 bridgehead atoms. The summed E-state index contributed by atoms with van der Waals surface area (Å²) in [6.45, 7) is 3.68. The lowest BCUT2D eigenvalue weighted by molar-refractivity contribution is 0.0759. The lowest BCUT2D eigenvalue weighted by atomic mass is 9.99. The second-order valence-electron chi connectivity index (χ2n) is 7.54. The molecule has 24 heavy (non-hydrogen) atoms. The van der Waals surface area contributed by atoms with Crippen LogP contribution in [0.1, 0.15) is 47.8 Å². The van der Waals surface area contributed by atoms with E-state index in [1.165, 1.54) is 18.4 Å². The number of rotatable bonds is 5. The highest BCUT2D eigenvalue weighted by atomic mass is 16.5. The maximum absolute atomic E-state index is 12.2. The summed E-state index contributed by atoms with van der Waals surface area (Å²) in [5.41, 5.74) is 3.59. The van der Waals surface area contributed by atoms with Gasteiger partial charge in [0, 0.05) is 43.1 Å². The van der Waals surface area contributed by atoms with Gasteiger partial charge in [-0.05, 0) is 37.7 Å². The van der Waals surface area contributed by atoms with Gasteiger partial charge in [-0.3, -0.25) is 9.69 Å².